The van der Waals surface area contributed by atoms with Gasteiger partial charge in [0.15, 0.2) is 0 Å². The molecule has 0 aromatic rings. The Morgan fingerprint density at radius 2 is 2.20 bits per heavy atom. The fraction of sp³-hybridized carbons (Fsp3) is 0.833. The molecule has 0 aromatic heterocycles. The lowest BCUT2D eigenvalue weighted by Gasteiger charge is -2.49. The predicted octanol–water partition coefficient (Wildman–Crippen LogP) is 1.80. The molecule has 0 aromatic carbocycles. The van der Waals surface area contributed by atoms with Gasteiger partial charge in [-0.15, -0.1) is 0 Å². The Balaban J connectivity index is 2.28. The van der Waals surface area contributed by atoms with Gasteiger partial charge in [0.2, 0.25) is 0 Å². The van der Waals surface area contributed by atoms with Crippen molar-refractivity contribution in [3.63, 3.8) is 0 Å². The topological polar surface area (TPSA) is 43.4 Å². The predicted molar refractivity (Wildman–Crippen MR) is 55.1 cm³/mol. The summed E-state index contributed by atoms with van der Waals surface area (Å²) in [6.45, 7) is 3.96. The largest absolute Gasteiger partial charge is 0.469 e. The van der Waals surface area contributed by atoms with E-state index in [0.29, 0.717) is 12.2 Å². The standard InChI is InChI=1S/C12H18O3/c1-7-8-4-5-12(2,10(7)13)6-9(8)11(14)15-3/h7-9H,4-6H2,1-3H3/t7-,8+,9+,12+/m0/s1. The summed E-state index contributed by atoms with van der Waals surface area (Å²) in [5.74, 6) is 0.402. The van der Waals surface area contributed by atoms with E-state index in [0.717, 1.165) is 12.8 Å². The van der Waals surface area contributed by atoms with E-state index in [1.54, 1.807) is 0 Å². The van der Waals surface area contributed by atoms with Crippen molar-refractivity contribution in [1.82, 2.24) is 0 Å². The molecule has 4 atom stereocenters. The van der Waals surface area contributed by atoms with Gasteiger partial charge in [0.05, 0.1) is 13.0 Å². The molecule has 0 radical (unpaired) electrons. The molecule has 0 spiro atoms. The molecule has 3 nitrogen and oxygen atoms in total. The van der Waals surface area contributed by atoms with E-state index in [1.165, 1.54) is 7.11 Å². The van der Waals surface area contributed by atoms with Crippen LogP contribution in [0.25, 0.3) is 0 Å². The van der Waals surface area contributed by atoms with Crippen molar-refractivity contribution in [1.29, 1.82) is 0 Å². The number of carbonyl (C=O) groups excluding carboxylic acids is 2. The highest BCUT2D eigenvalue weighted by Gasteiger charge is 2.54. The highest BCUT2D eigenvalue weighted by atomic mass is 16.5. The molecule has 0 aliphatic heterocycles. The molecule has 3 saturated carbocycles. The molecule has 3 fully saturated rings. The van der Waals surface area contributed by atoms with Gasteiger partial charge in [-0.25, -0.2) is 0 Å². The maximum absolute atomic E-state index is 12.0. The van der Waals surface area contributed by atoms with Gasteiger partial charge >= 0.3 is 5.97 Å². The number of ether oxygens (including phenoxy) is 1. The third-order valence-electron chi connectivity index (χ3n) is 4.37. The number of rotatable bonds is 1. The zero-order valence-corrected chi connectivity index (χ0v) is 9.58. The SMILES string of the molecule is COC(=O)[C@@H]1C[C@@]2(C)CC[C@@H]1[C@H](C)C2=O. The number of Topliss-reactive ketones (excluding diaryl/α,β-unsaturated/α-hetero) is 1. The minimum Gasteiger partial charge on any atom is -0.469 e. The minimum absolute atomic E-state index is 0.0293. The average Bonchev–Trinajstić information content (AvgIpc) is 2.24. The van der Waals surface area contributed by atoms with Crippen LogP contribution < -0.4 is 0 Å². The van der Waals surface area contributed by atoms with Gasteiger partial charge in [-0.05, 0) is 25.2 Å². The summed E-state index contributed by atoms with van der Waals surface area (Å²) >= 11 is 0. The van der Waals surface area contributed by atoms with Crippen LogP contribution in [0.2, 0.25) is 0 Å². The lowest BCUT2D eigenvalue weighted by molar-refractivity contribution is -0.163. The number of hydrogen-bond acceptors (Lipinski definition) is 3. The first-order chi connectivity index (χ1) is 6.99. The Morgan fingerprint density at radius 1 is 1.53 bits per heavy atom. The number of ketones is 1. The van der Waals surface area contributed by atoms with Gasteiger partial charge in [-0.3, -0.25) is 9.59 Å². The van der Waals surface area contributed by atoms with Crippen LogP contribution >= 0.6 is 0 Å². The summed E-state index contributed by atoms with van der Waals surface area (Å²) in [4.78, 5) is 23.6. The van der Waals surface area contributed by atoms with E-state index < -0.39 is 0 Å². The number of carbonyl (C=O) groups is 2. The minimum atomic E-state index is -0.271. The van der Waals surface area contributed by atoms with E-state index in [2.05, 4.69) is 0 Å². The van der Waals surface area contributed by atoms with Crippen LogP contribution in [0.4, 0.5) is 0 Å². The first-order valence-corrected chi connectivity index (χ1v) is 5.62. The van der Waals surface area contributed by atoms with Crippen LogP contribution in [0, 0.1) is 23.2 Å². The van der Waals surface area contributed by atoms with Crippen molar-refractivity contribution in [3.8, 4) is 0 Å². The summed E-state index contributed by atoms with van der Waals surface area (Å²) in [6, 6.07) is 0. The van der Waals surface area contributed by atoms with Crippen LogP contribution in [0.15, 0.2) is 0 Å². The van der Waals surface area contributed by atoms with Gasteiger partial charge in [0.1, 0.15) is 5.78 Å². The van der Waals surface area contributed by atoms with E-state index in [1.807, 2.05) is 13.8 Å². The normalized spacial score (nSPS) is 44.2. The van der Waals surface area contributed by atoms with Gasteiger partial charge in [-0.2, -0.15) is 0 Å². The zero-order valence-electron chi connectivity index (χ0n) is 9.58. The summed E-state index contributed by atoms with van der Waals surface area (Å²) in [5, 5.41) is 0. The second-order valence-electron chi connectivity index (χ2n) is 5.25. The van der Waals surface area contributed by atoms with Crippen molar-refractivity contribution >= 4 is 11.8 Å². The van der Waals surface area contributed by atoms with Crippen molar-refractivity contribution in [3.05, 3.63) is 0 Å². The Bertz CT molecular complexity index is 310. The lowest BCUT2D eigenvalue weighted by atomic mass is 9.52. The number of esters is 1. The highest BCUT2D eigenvalue weighted by molar-refractivity contribution is 5.90. The average molecular weight is 210 g/mol. The van der Waals surface area contributed by atoms with Gasteiger partial charge < -0.3 is 4.74 Å². The third kappa shape index (κ3) is 1.40. The fourth-order valence-corrected chi connectivity index (χ4v) is 3.40. The maximum Gasteiger partial charge on any atom is 0.308 e. The lowest BCUT2D eigenvalue weighted by Crippen LogP contribution is -2.52. The Hall–Kier alpha value is -0.860. The molecule has 0 saturated heterocycles. The van der Waals surface area contributed by atoms with Crippen LogP contribution in [-0.2, 0) is 14.3 Å². The second kappa shape index (κ2) is 3.32. The maximum atomic E-state index is 12.0. The molecule has 2 bridgehead atoms. The van der Waals surface area contributed by atoms with Crippen LogP contribution in [0.5, 0.6) is 0 Å². The molecule has 3 rings (SSSR count). The zero-order chi connectivity index (χ0) is 11.2. The number of fused-ring (bicyclic) bond motifs is 3. The summed E-state index contributed by atoms with van der Waals surface area (Å²) < 4.78 is 4.82. The Labute approximate surface area is 90.2 Å². The molecule has 0 heterocycles. The first-order valence-electron chi connectivity index (χ1n) is 5.62. The molecule has 0 unspecified atom stereocenters. The highest BCUT2D eigenvalue weighted by Crippen LogP contribution is 2.53. The van der Waals surface area contributed by atoms with Crippen LogP contribution in [0.1, 0.15) is 33.1 Å². The first kappa shape index (κ1) is 10.7. The molecule has 3 aliphatic carbocycles. The smallest absolute Gasteiger partial charge is 0.308 e. The molecule has 0 N–H and O–H groups in total. The Morgan fingerprint density at radius 3 is 2.73 bits per heavy atom. The summed E-state index contributed by atoms with van der Waals surface area (Å²) in [5.41, 5.74) is -0.271. The molecular formula is C12H18O3. The summed E-state index contributed by atoms with van der Waals surface area (Å²) in [6.07, 6.45) is 2.62. The van der Waals surface area contributed by atoms with Crippen molar-refractivity contribution in [2.24, 2.45) is 23.2 Å². The van der Waals surface area contributed by atoms with Crippen molar-refractivity contribution < 1.29 is 14.3 Å². The summed E-state index contributed by atoms with van der Waals surface area (Å²) in [7, 11) is 1.43. The van der Waals surface area contributed by atoms with Crippen molar-refractivity contribution in [2.75, 3.05) is 7.11 Å². The van der Waals surface area contributed by atoms with Crippen molar-refractivity contribution in [2.45, 2.75) is 33.1 Å². The van der Waals surface area contributed by atoms with E-state index in [-0.39, 0.29) is 29.1 Å². The molecule has 15 heavy (non-hydrogen) atoms. The fourth-order valence-electron chi connectivity index (χ4n) is 3.40. The number of methoxy groups -OCH3 is 1. The van der Waals surface area contributed by atoms with Gasteiger partial charge in [0.25, 0.3) is 0 Å². The van der Waals surface area contributed by atoms with E-state index >= 15 is 0 Å². The molecule has 84 valence electrons. The van der Waals surface area contributed by atoms with E-state index in [9.17, 15) is 9.59 Å². The molecule has 0 amide bonds. The Kier molecular flexibility index (Phi) is 2.36. The monoisotopic (exact) mass is 210 g/mol. The third-order valence-corrected chi connectivity index (χ3v) is 4.37. The molecule has 3 heteroatoms. The van der Waals surface area contributed by atoms with Crippen LogP contribution in [0.3, 0.4) is 0 Å². The van der Waals surface area contributed by atoms with Gasteiger partial charge in [0, 0.05) is 11.3 Å². The molecule has 3 aliphatic rings. The van der Waals surface area contributed by atoms with Crippen LogP contribution in [-0.4, -0.2) is 18.9 Å². The quantitative estimate of drug-likeness (QED) is 0.620. The van der Waals surface area contributed by atoms with E-state index in [4.69, 9.17) is 4.74 Å². The van der Waals surface area contributed by atoms with Gasteiger partial charge in [-0.1, -0.05) is 13.8 Å². The second-order valence-corrected chi connectivity index (χ2v) is 5.25. The molecular weight excluding hydrogens is 192 g/mol. The number of hydrogen-bond donors (Lipinski definition) is 0.